The largest absolute Gasteiger partial charge is 0.481 e. The molecule has 1 fully saturated rings. The average Bonchev–Trinajstić information content (AvgIpc) is 3.57. The number of carboxylic acid groups (broad SMARTS) is 1. The van der Waals surface area contributed by atoms with E-state index in [9.17, 15) is 14.4 Å². The van der Waals surface area contributed by atoms with Gasteiger partial charge in [0, 0.05) is 29.8 Å². The van der Waals surface area contributed by atoms with Crippen molar-refractivity contribution in [1.29, 1.82) is 0 Å². The molecule has 5 rings (SSSR count). The summed E-state index contributed by atoms with van der Waals surface area (Å²) in [7, 11) is 0. The van der Waals surface area contributed by atoms with Gasteiger partial charge in [0.05, 0.1) is 29.3 Å². The molecule has 1 saturated carbocycles. The first-order valence-electron chi connectivity index (χ1n) is 13.3. The van der Waals surface area contributed by atoms with Gasteiger partial charge in [0.2, 0.25) is 5.91 Å². The minimum absolute atomic E-state index is 0.0749. The van der Waals surface area contributed by atoms with Crippen molar-refractivity contribution in [3.8, 4) is 11.4 Å². The van der Waals surface area contributed by atoms with Gasteiger partial charge >= 0.3 is 5.97 Å². The van der Waals surface area contributed by atoms with Gasteiger partial charge in [-0.25, -0.2) is 4.98 Å². The van der Waals surface area contributed by atoms with Crippen LogP contribution < -0.4 is 10.6 Å². The monoisotopic (exact) mass is 528 g/mol. The molecule has 39 heavy (non-hydrogen) atoms. The Balaban J connectivity index is 1.26. The summed E-state index contributed by atoms with van der Waals surface area (Å²) in [5, 5.41) is 14.6. The van der Waals surface area contributed by atoms with E-state index in [1.165, 1.54) is 19.3 Å². The number of amides is 2. The fourth-order valence-corrected chi connectivity index (χ4v) is 5.27. The molecule has 2 aromatic carbocycles. The maximum atomic E-state index is 13.0. The molecule has 1 unspecified atom stereocenters. The van der Waals surface area contributed by atoms with E-state index >= 15 is 0 Å². The van der Waals surface area contributed by atoms with Gasteiger partial charge in [-0.1, -0.05) is 31.4 Å². The van der Waals surface area contributed by atoms with Crippen molar-refractivity contribution >= 4 is 34.5 Å². The van der Waals surface area contributed by atoms with Crippen LogP contribution in [0.4, 0.5) is 5.69 Å². The number of anilines is 1. The van der Waals surface area contributed by atoms with E-state index in [0.29, 0.717) is 22.9 Å². The van der Waals surface area contributed by atoms with Crippen molar-refractivity contribution in [3.63, 3.8) is 0 Å². The molecule has 202 valence electrons. The van der Waals surface area contributed by atoms with Crippen LogP contribution in [0.1, 0.15) is 67.4 Å². The molecule has 0 bridgehead atoms. The molecule has 1 aliphatic carbocycles. The highest BCUT2D eigenvalue weighted by Gasteiger charge is 2.24. The number of imidazole rings is 1. The highest BCUT2D eigenvalue weighted by molar-refractivity contribution is 5.98. The van der Waals surface area contributed by atoms with Gasteiger partial charge in [0.15, 0.2) is 0 Å². The Hall–Kier alpha value is -4.40. The molecule has 3 N–H and O–H groups in total. The molecular formula is C30H32N4O5. The van der Waals surface area contributed by atoms with Crippen LogP contribution in [-0.2, 0) is 16.0 Å². The third kappa shape index (κ3) is 6.19. The summed E-state index contributed by atoms with van der Waals surface area (Å²) in [6.45, 7) is 1.78. The van der Waals surface area contributed by atoms with Crippen LogP contribution in [0.15, 0.2) is 65.5 Å². The number of aliphatic carboxylic acids is 1. The first-order valence-corrected chi connectivity index (χ1v) is 13.3. The standard InChI is InChI=1S/C30H32N4O5/c1-19(15-27(35)32-23-10-7-20(8-11-23)16-28(36)37)31-30(38)21-9-12-26-25(17-21)33-29(22-13-14-39-18-22)34(26)24-5-3-2-4-6-24/h7-14,17-19,24H,2-6,15-16H2,1H3,(H,31,38)(H,32,35)(H,36,37). The molecule has 4 aromatic rings. The zero-order valence-electron chi connectivity index (χ0n) is 21.9. The Bertz CT molecular complexity index is 1470. The van der Waals surface area contributed by atoms with E-state index in [4.69, 9.17) is 14.5 Å². The Labute approximate surface area is 226 Å². The van der Waals surface area contributed by atoms with Gasteiger partial charge in [-0.05, 0) is 61.7 Å². The smallest absolute Gasteiger partial charge is 0.307 e. The molecule has 0 saturated heterocycles. The number of hydrogen-bond acceptors (Lipinski definition) is 5. The van der Waals surface area contributed by atoms with Crippen molar-refractivity contribution in [1.82, 2.24) is 14.9 Å². The predicted octanol–water partition coefficient (Wildman–Crippen LogP) is 5.58. The quantitative estimate of drug-likeness (QED) is 0.260. The predicted molar refractivity (Wildman–Crippen MR) is 148 cm³/mol. The van der Waals surface area contributed by atoms with Crippen LogP contribution in [-0.4, -0.2) is 38.5 Å². The number of benzene rings is 2. The second kappa shape index (κ2) is 11.6. The SMILES string of the molecule is CC(CC(=O)Nc1ccc(CC(=O)O)cc1)NC(=O)c1ccc2c(c1)nc(-c1ccoc1)n2C1CCCCC1. The fraction of sp³-hybridized carbons (Fsp3) is 0.333. The van der Waals surface area contributed by atoms with Crippen LogP contribution in [0.3, 0.4) is 0 Å². The first-order chi connectivity index (χ1) is 18.9. The number of fused-ring (bicyclic) bond motifs is 1. The number of rotatable bonds is 9. The fourth-order valence-electron chi connectivity index (χ4n) is 5.27. The molecule has 2 aromatic heterocycles. The van der Waals surface area contributed by atoms with Crippen LogP contribution in [0.5, 0.6) is 0 Å². The van der Waals surface area contributed by atoms with Crippen molar-refractivity contribution in [2.24, 2.45) is 0 Å². The Morgan fingerprint density at radius 3 is 2.54 bits per heavy atom. The number of hydrogen-bond donors (Lipinski definition) is 3. The molecular weight excluding hydrogens is 496 g/mol. The van der Waals surface area contributed by atoms with Crippen LogP contribution in [0.25, 0.3) is 22.4 Å². The van der Waals surface area contributed by atoms with E-state index in [1.54, 1.807) is 49.8 Å². The number of carboxylic acids is 1. The van der Waals surface area contributed by atoms with Crippen molar-refractivity contribution in [2.75, 3.05) is 5.32 Å². The summed E-state index contributed by atoms with van der Waals surface area (Å²) in [4.78, 5) is 41.3. The normalized spacial score (nSPS) is 14.7. The average molecular weight is 529 g/mol. The van der Waals surface area contributed by atoms with Gasteiger partial charge < -0.3 is 24.7 Å². The van der Waals surface area contributed by atoms with Gasteiger partial charge in [0.25, 0.3) is 5.91 Å². The van der Waals surface area contributed by atoms with Gasteiger partial charge in [-0.3, -0.25) is 14.4 Å². The maximum absolute atomic E-state index is 13.0. The highest BCUT2D eigenvalue weighted by atomic mass is 16.4. The minimum Gasteiger partial charge on any atom is -0.481 e. The van der Waals surface area contributed by atoms with E-state index in [0.717, 1.165) is 35.3 Å². The lowest BCUT2D eigenvalue weighted by Crippen LogP contribution is -2.35. The Morgan fingerprint density at radius 2 is 1.85 bits per heavy atom. The lowest BCUT2D eigenvalue weighted by atomic mass is 9.95. The number of nitrogens with one attached hydrogen (secondary N) is 2. The Kier molecular flexibility index (Phi) is 7.76. The molecule has 1 atom stereocenters. The zero-order valence-corrected chi connectivity index (χ0v) is 21.9. The highest BCUT2D eigenvalue weighted by Crippen LogP contribution is 2.36. The number of aromatic nitrogens is 2. The molecule has 2 heterocycles. The molecule has 9 nitrogen and oxygen atoms in total. The third-order valence-electron chi connectivity index (χ3n) is 7.13. The van der Waals surface area contributed by atoms with Crippen LogP contribution in [0, 0.1) is 0 Å². The summed E-state index contributed by atoms with van der Waals surface area (Å²) < 4.78 is 7.62. The van der Waals surface area contributed by atoms with Gasteiger partial charge in [0.1, 0.15) is 12.1 Å². The lowest BCUT2D eigenvalue weighted by Gasteiger charge is -2.25. The molecule has 0 spiro atoms. The molecule has 0 radical (unpaired) electrons. The summed E-state index contributed by atoms with van der Waals surface area (Å²) >= 11 is 0. The van der Waals surface area contributed by atoms with Crippen molar-refractivity contribution in [3.05, 3.63) is 72.2 Å². The summed E-state index contributed by atoms with van der Waals surface area (Å²) in [6, 6.07) is 14.1. The molecule has 0 aliphatic heterocycles. The number of carbonyl (C=O) groups is 3. The summed E-state index contributed by atoms with van der Waals surface area (Å²) in [5.74, 6) is -0.580. The Morgan fingerprint density at radius 1 is 1.08 bits per heavy atom. The maximum Gasteiger partial charge on any atom is 0.307 e. The van der Waals surface area contributed by atoms with Gasteiger partial charge in [-0.2, -0.15) is 0 Å². The lowest BCUT2D eigenvalue weighted by molar-refractivity contribution is -0.136. The zero-order chi connectivity index (χ0) is 27.4. The number of carbonyl (C=O) groups excluding carboxylic acids is 2. The molecule has 2 amide bonds. The van der Waals surface area contributed by atoms with E-state index in [-0.39, 0.29) is 24.7 Å². The van der Waals surface area contributed by atoms with E-state index < -0.39 is 12.0 Å². The number of furan rings is 1. The topological polar surface area (TPSA) is 126 Å². The van der Waals surface area contributed by atoms with Crippen LogP contribution in [0.2, 0.25) is 0 Å². The first kappa shape index (κ1) is 26.2. The second-order valence-electron chi connectivity index (χ2n) is 10.2. The minimum atomic E-state index is -0.911. The van der Waals surface area contributed by atoms with Crippen LogP contribution >= 0.6 is 0 Å². The summed E-state index contributed by atoms with van der Waals surface area (Å²) in [5.41, 5.74) is 4.37. The van der Waals surface area contributed by atoms with Crippen molar-refractivity contribution in [2.45, 2.75) is 64.0 Å². The van der Waals surface area contributed by atoms with Gasteiger partial charge in [-0.15, -0.1) is 0 Å². The summed E-state index contributed by atoms with van der Waals surface area (Å²) in [6.07, 6.45) is 9.20. The van der Waals surface area contributed by atoms with Crippen molar-refractivity contribution < 1.29 is 23.9 Å². The molecule has 1 aliphatic rings. The van der Waals surface area contributed by atoms with E-state index in [1.807, 2.05) is 18.2 Å². The second-order valence-corrected chi connectivity index (χ2v) is 10.2. The number of nitrogens with zero attached hydrogens (tertiary/aromatic N) is 2. The molecule has 9 heteroatoms. The third-order valence-corrected chi connectivity index (χ3v) is 7.13. The van der Waals surface area contributed by atoms with E-state index in [2.05, 4.69) is 15.2 Å².